The van der Waals surface area contributed by atoms with Gasteiger partial charge in [-0.2, -0.15) is 0 Å². The molecule has 0 unspecified atom stereocenters. The highest BCUT2D eigenvalue weighted by Gasteiger charge is 2.19. The summed E-state index contributed by atoms with van der Waals surface area (Å²) in [4.78, 5) is 35.0. The number of anilines is 2. The van der Waals surface area contributed by atoms with Crippen LogP contribution in [0.5, 0.6) is 11.6 Å². The van der Waals surface area contributed by atoms with Crippen LogP contribution in [-0.2, 0) is 35.4 Å². The van der Waals surface area contributed by atoms with Crippen molar-refractivity contribution in [1.29, 1.82) is 0 Å². The number of amides is 1. The molecular weight excluding hydrogens is 568 g/mol. The number of carbonyl (C=O) groups is 2. The number of pyridine rings is 2. The summed E-state index contributed by atoms with van der Waals surface area (Å²) in [6, 6.07) is 18.6. The summed E-state index contributed by atoms with van der Waals surface area (Å²) in [7, 11) is 4.50. The van der Waals surface area contributed by atoms with Crippen LogP contribution in [0.15, 0.2) is 60.7 Å². The molecule has 0 saturated carbocycles. The fourth-order valence-electron chi connectivity index (χ4n) is 5.08. The molecule has 2 aromatic heterocycles. The summed E-state index contributed by atoms with van der Waals surface area (Å²) < 4.78 is 16.3. The minimum absolute atomic E-state index is 0.146. The number of rotatable bonds is 6. The molecule has 9 nitrogen and oxygen atoms in total. The number of nitrogens with one attached hydrogen (secondary N) is 2. The molecule has 1 aliphatic rings. The number of methoxy groups -OCH3 is 2. The zero-order chi connectivity index (χ0) is 30.3. The van der Waals surface area contributed by atoms with Gasteiger partial charge in [0.05, 0.1) is 54.0 Å². The second-order valence-corrected chi connectivity index (χ2v) is 10.5. The van der Waals surface area contributed by atoms with Crippen LogP contribution < -0.4 is 20.1 Å². The van der Waals surface area contributed by atoms with Crippen LogP contribution in [0.1, 0.15) is 45.7 Å². The Hall–Kier alpha value is -4.63. The Bertz CT molecular complexity index is 1630. The largest absolute Gasteiger partial charge is 0.494 e. The van der Waals surface area contributed by atoms with Crippen molar-refractivity contribution >= 4 is 34.9 Å². The molecule has 5 rings (SSSR count). The Balaban J connectivity index is 1.42. The van der Waals surface area contributed by atoms with E-state index in [0.717, 1.165) is 59.5 Å². The summed E-state index contributed by atoms with van der Waals surface area (Å²) in [5, 5.41) is 6.64. The topological polar surface area (TPSA) is 112 Å². The highest BCUT2D eigenvalue weighted by atomic mass is 35.5. The van der Waals surface area contributed by atoms with Crippen molar-refractivity contribution < 1.29 is 23.8 Å². The minimum Gasteiger partial charge on any atom is -0.494 e. The molecular formula is C33H33ClN4O5. The summed E-state index contributed by atoms with van der Waals surface area (Å²) in [5.41, 5.74) is 6.62. The predicted molar refractivity (Wildman–Crippen MR) is 166 cm³/mol. The van der Waals surface area contributed by atoms with Gasteiger partial charge in [0, 0.05) is 18.7 Å². The molecule has 1 aliphatic heterocycles. The van der Waals surface area contributed by atoms with Crippen molar-refractivity contribution in [2.45, 2.75) is 38.7 Å². The average Bonchev–Trinajstić information content (AvgIpc) is 3.03. The van der Waals surface area contributed by atoms with Crippen molar-refractivity contribution in [3.05, 3.63) is 93.8 Å². The molecule has 10 heteroatoms. The van der Waals surface area contributed by atoms with E-state index >= 15 is 0 Å². The standard InChI is InChI=1S/C33H33ClN4O5/c1-35-28-16-23(33(40)42-3)17-29(41-2)32(28)38-30(39)18-21-11-12-22-15-20(21)7-4-5-8-27-25(34)14-13-24(36-27)19-43-31-10-6-9-26(22)37-31/h6,9-17,35H,4-5,7-8,18-19H2,1-3H3,(H,38,39). The van der Waals surface area contributed by atoms with E-state index in [1.54, 1.807) is 19.2 Å². The lowest BCUT2D eigenvalue weighted by molar-refractivity contribution is -0.115. The third-order valence-corrected chi connectivity index (χ3v) is 7.65. The summed E-state index contributed by atoms with van der Waals surface area (Å²) in [6.45, 7) is 0.297. The molecule has 2 N–H and O–H groups in total. The van der Waals surface area contributed by atoms with Gasteiger partial charge in [0.15, 0.2) is 0 Å². The molecule has 2 aromatic carbocycles. The maximum atomic E-state index is 13.4. The van der Waals surface area contributed by atoms with Crippen LogP contribution in [-0.4, -0.2) is 43.1 Å². The van der Waals surface area contributed by atoms with E-state index in [2.05, 4.69) is 16.7 Å². The number of benzene rings is 2. The van der Waals surface area contributed by atoms with Gasteiger partial charge in [0.1, 0.15) is 18.0 Å². The van der Waals surface area contributed by atoms with Gasteiger partial charge in [-0.1, -0.05) is 29.8 Å². The SMILES string of the molecule is CNc1cc(C(=O)OC)cc(OC)c1NC(=O)Cc1ccc2cc1CCCCc1nc(ccc1Cl)COc1cccc-2n1. The monoisotopic (exact) mass is 600 g/mol. The highest BCUT2D eigenvalue weighted by molar-refractivity contribution is 6.31. The first kappa shape index (κ1) is 29.8. The van der Waals surface area contributed by atoms with Gasteiger partial charge < -0.3 is 24.8 Å². The van der Waals surface area contributed by atoms with Crippen LogP contribution in [0.2, 0.25) is 5.02 Å². The van der Waals surface area contributed by atoms with Crippen LogP contribution in [0.3, 0.4) is 0 Å². The second-order valence-electron chi connectivity index (χ2n) is 10.1. The first-order chi connectivity index (χ1) is 20.9. The molecule has 0 atom stereocenters. The van der Waals surface area contributed by atoms with Crippen LogP contribution >= 0.6 is 11.6 Å². The number of aryl methyl sites for hydroxylation is 2. The first-order valence-electron chi connectivity index (χ1n) is 14.0. The number of carbonyl (C=O) groups excluding carboxylic acids is 2. The molecule has 3 heterocycles. The van der Waals surface area contributed by atoms with Gasteiger partial charge in [-0.15, -0.1) is 0 Å². The molecule has 222 valence electrons. The molecule has 0 saturated heterocycles. The third kappa shape index (κ3) is 7.06. The van der Waals surface area contributed by atoms with E-state index in [-0.39, 0.29) is 12.3 Å². The Labute approximate surface area is 255 Å². The number of aromatic nitrogens is 2. The van der Waals surface area contributed by atoms with E-state index in [1.807, 2.05) is 42.5 Å². The molecule has 1 amide bonds. The smallest absolute Gasteiger partial charge is 0.338 e. The molecule has 0 aliphatic carbocycles. The Kier molecular flexibility index (Phi) is 9.41. The van der Waals surface area contributed by atoms with E-state index < -0.39 is 5.97 Å². The number of halogens is 1. The average molecular weight is 601 g/mol. The van der Waals surface area contributed by atoms with Crippen LogP contribution in [0.25, 0.3) is 11.3 Å². The predicted octanol–water partition coefficient (Wildman–Crippen LogP) is 6.27. The van der Waals surface area contributed by atoms with Crippen molar-refractivity contribution in [3.63, 3.8) is 0 Å². The second kappa shape index (κ2) is 13.6. The van der Waals surface area contributed by atoms with Crippen LogP contribution in [0.4, 0.5) is 11.4 Å². The minimum atomic E-state index is -0.503. The fraction of sp³-hybridized carbons (Fsp3) is 0.273. The van der Waals surface area contributed by atoms with Crippen molar-refractivity contribution in [2.24, 2.45) is 0 Å². The number of fused-ring (bicyclic) bond motifs is 7. The molecule has 0 fully saturated rings. The Morgan fingerprint density at radius 2 is 1.84 bits per heavy atom. The summed E-state index contributed by atoms with van der Waals surface area (Å²) >= 11 is 6.44. The summed E-state index contributed by atoms with van der Waals surface area (Å²) in [6.07, 6.45) is 3.42. The van der Waals surface area contributed by atoms with Gasteiger partial charge >= 0.3 is 5.97 Å². The van der Waals surface area contributed by atoms with Crippen molar-refractivity contribution in [1.82, 2.24) is 9.97 Å². The lowest BCUT2D eigenvalue weighted by Crippen LogP contribution is -2.18. The molecule has 6 bridgehead atoms. The number of nitrogens with zero attached hydrogens (tertiary/aromatic N) is 2. The van der Waals surface area contributed by atoms with Gasteiger partial charge in [0.25, 0.3) is 0 Å². The van der Waals surface area contributed by atoms with Crippen LogP contribution in [0, 0.1) is 0 Å². The maximum absolute atomic E-state index is 13.4. The lowest BCUT2D eigenvalue weighted by atomic mass is 9.95. The van der Waals surface area contributed by atoms with Crippen molar-refractivity contribution in [3.8, 4) is 22.9 Å². The molecule has 0 radical (unpaired) electrons. The van der Waals surface area contributed by atoms with Gasteiger partial charge in [-0.25, -0.2) is 9.78 Å². The normalized spacial score (nSPS) is 12.7. The zero-order valence-electron chi connectivity index (χ0n) is 24.3. The fourth-order valence-corrected chi connectivity index (χ4v) is 5.28. The Morgan fingerprint density at radius 3 is 2.63 bits per heavy atom. The van der Waals surface area contributed by atoms with E-state index in [4.69, 9.17) is 35.8 Å². The highest BCUT2D eigenvalue weighted by Crippen LogP contribution is 2.35. The maximum Gasteiger partial charge on any atom is 0.338 e. The summed E-state index contributed by atoms with van der Waals surface area (Å²) in [5.74, 6) is 0.124. The number of ether oxygens (including phenoxy) is 3. The first-order valence-corrected chi connectivity index (χ1v) is 14.4. The number of esters is 1. The Morgan fingerprint density at radius 1 is 1.00 bits per heavy atom. The molecule has 0 spiro atoms. The van der Waals surface area contributed by atoms with Gasteiger partial charge in [-0.3, -0.25) is 9.78 Å². The number of hydrogen-bond acceptors (Lipinski definition) is 8. The van der Waals surface area contributed by atoms with E-state index in [9.17, 15) is 9.59 Å². The molecule has 43 heavy (non-hydrogen) atoms. The molecule has 4 aromatic rings. The van der Waals surface area contributed by atoms with E-state index in [0.29, 0.717) is 40.2 Å². The quantitative estimate of drug-likeness (QED) is 0.249. The van der Waals surface area contributed by atoms with Crippen molar-refractivity contribution in [2.75, 3.05) is 31.9 Å². The lowest BCUT2D eigenvalue weighted by Gasteiger charge is -2.17. The third-order valence-electron chi connectivity index (χ3n) is 7.31. The van der Waals surface area contributed by atoms with E-state index in [1.165, 1.54) is 14.2 Å². The number of hydrogen-bond donors (Lipinski definition) is 2. The zero-order valence-corrected chi connectivity index (χ0v) is 25.1. The van der Waals surface area contributed by atoms with Gasteiger partial charge in [0.2, 0.25) is 11.8 Å². The van der Waals surface area contributed by atoms with Gasteiger partial charge in [-0.05, 0) is 73.2 Å².